The molecule has 1 aliphatic rings. The molecule has 0 aromatic heterocycles. The number of ether oxygens (including phenoxy) is 2. The summed E-state index contributed by atoms with van der Waals surface area (Å²) < 4.78 is 11.9. The summed E-state index contributed by atoms with van der Waals surface area (Å²) in [5.74, 6) is 2.14. The molecule has 0 saturated heterocycles. The summed E-state index contributed by atoms with van der Waals surface area (Å²) >= 11 is 0. The third kappa shape index (κ3) is 5.54. The van der Waals surface area contributed by atoms with E-state index in [0.717, 1.165) is 28.2 Å². The molecule has 0 bridgehead atoms. The van der Waals surface area contributed by atoms with Crippen molar-refractivity contribution < 1.29 is 14.6 Å². The SMILES string of the molecule is COc1ccc(C(O)(c2ccccc2)c2ccc(Oc3ccc(C4(c5ccc(C)cc5)c5cc6ccccc6cc5-c5c4ccc4ccccc54)cc3)cc2)cc1. The van der Waals surface area contributed by atoms with Gasteiger partial charge in [-0.1, -0.05) is 157 Å². The fourth-order valence-electron chi connectivity index (χ4n) is 9.05. The van der Waals surface area contributed by atoms with Gasteiger partial charge in [0.15, 0.2) is 0 Å². The maximum absolute atomic E-state index is 12.4. The molecule has 0 saturated carbocycles. The number of hydrogen-bond donors (Lipinski definition) is 1. The van der Waals surface area contributed by atoms with Crippen molar-refractivity contribution in [1.82, 2.24) is 0 Å². The molecular weight excluding hydrogens is 697 g/mol. The molecule has 0 aliphatic heterocycles. The van der Waals surface area contributed by atoms with Crippen molar-refractivity contribution >= 4 is 21.5 Å². The van der Waals surface area contributed by atoms with Gasteiger partial charge in [0.25, 0.3) is 0 Å². The van der Waals surface area contributed by atoms with Gasteiger partial charge < -0.3 is 14.6 Å². The van der Waals surface area contributed by atoms with Gasteiger partial charge in [-0.2, -0.15) is 0 Å². The van der Waals surface area contributed by atoms with Gasteiger partial charge in [0.1, 0.15) is 22.8 Å². The molecule has 274 valence electrons. The monoisotopic (exact) mass is 736 g/mol. The first kappa shape index (κ1) is 34.5. The average Bonchev–Trinajstić information content (AvgIpc) is 3.56. The van der Waals surface area contributed by atoms with Crippen LogP contribution in [-0.4, -0.2) is 12.2 Å². The highest BCUT2D eigenvalue weighted by Gasteiger charge is 2.47. The Morgan fingerprint density at radius 1 is 0.456 bits per heavy atom. The second-order valence-electron chi connectivity index (χ2n) is 15.0. The van der Waals surface area contributed by atoms with Crippen LogP contribution in [0.25, 0.3) is 32.7 Å². The van der Waals surface area contributed by atoms with E-state index in [9.17, 15) is 5.11 Å². The second-order valence-corrected chi connectivity index (χ2v) is 15.0. The van der Waals surface area contributed by atoms with Crippen molar-refractivity contribution in [2.24, 2.45) is 0 Å². The second kappa shape index (κ2) is 13.7. The normalized spacial score (nSPS) is 15.5. The summed E-state index contributed by atoms with van der Waals surface area (Å²) in [5.41, 5.74) is 9.08. The van der Waals surface area contributed by atoms with E-state index in [1.54, 1.807) is 7.11 Å². The van der Waals surface area contributed by atoms with Gasteiger partial charge in [-0.25, -0.2) is 0 Å². The van der Waals surface area contributed by atoms with E-state index >= 15 is 0 Å². The minimum Gasteiger partial charge on any atom is -0.497 e. The van der Waals surface area contributed by atoms with E-state index in [1.807, 2.05) is 78.9 Å². The molecule has 0 amide bonds. The summed E-state index contributed by atoms with van der Waals surface area (Å²) in [7, 11) is 1.64. The van der Waals surface area contributed by atoms with E-state index in [1.165, 1.54) is 60.5 Å². The topological polar surface area (TPSA) is 38.7 Å². The number of benzene rings is 9. The van der Waals surface area contributed by atoms with Crippen LogP contribution in [0.3, 0.4) is 0 Å². The van der Waals surface area contributed by atoms with Crippen LogP contribution in [-0.2, 0) is 11.0 Å². The Morgan fingerprint density at radius 2 is 0.965 bits per heavy atom. The lowest BCUT2D eigenvalue weighted by Crippen LogP contribution is -2.28. The molecule has 1 N–H and O–H groups in total. The highest BCUT2D eigenvalue weighted by molar-refractivity contribution is 6.06. The predicted molar refractivity (Wildman–Crippen MR) is 232 cm³/mol. The van der Waals surface area contributed by atoms with E-state index in [-0.39, 0.29) is 0 Å². The first-order valence-electron chi connectivity index (χ1n) is 19.4. The van der Waals surface area contributed by atoms with Crippen LogP contribution < -0.4 is 9.47 Å². The Bertz CT molecular complexity index is 2900. The van der Waals surface area contributed by atoms with Gasteiger partial charge in [-0.15, -0.1) is 0 Å². The maximum Gasteiger partial charge on any atom is 0.140 e. The summed E-state index contributed by atoms with van der Waals surface area (Å²) in [5, 5.41) is 17.4. The fraction of sp³-hybridized carbons (Fsp3) is 0.0741. The van der Waals surface area contributed by atoms with Crippen molar-refractivity contribution in [2.45, 2.75) is 17.9 Å². The Balaban J connectivity index is 1.07. The molecule has 2 atom stereocenters. The molecule has 9 aromatic rings. The van der Waals surface area contributed by atoms with E-state index in [2.05, 4.69) is 128 Å². The first-order chi connectivity index (χ1) is 28.0. The van der Waals surface area contributed by atoms with E-state index < -0.39 is 11.0 Å². The van der Waals surface area contributed by atoms with Crippen molar-refractivity contribution in [3.05, 3.63) is 245 Å². The lowest BCUT2D eigenvalue weighted by molar-refractivity contribution is 0.125. The summed E-state index contributed by atoms with van der Waals surface area (Å²) in [6.07, 6.45) is 0. The average molecular weight is 737 g/mol. The van der Waals surface area contributed by atoms with Crippen LogP contribution in [0.4, 0.5) is 0 Å². The number of fused-ring (bicyclic) bond motifs is 6. The lowest BCUT2D eigenvalue weighted by atomic mass is 9.67. The van der Waals surface area contributed by atoms with Crippen LogP contribution in [0.1, 0.15) is 44.5 Å². The van der Waals surface area contributed by atoms with Crippen molar-refractivity contribution in [3.63, 3.8) is 0 Å². The highest BCUT2D eigenvalue weighted by atomic mass is 16.5. The van der Waals surface area contributed by atoms with Gasteiger partial charge in [0, 0.05) is 0 Å². The fourth-order valence-corrected chi connectivity index (χ4v) is 9.05. The van der Waals surface area contributed by atoms with Crippen LogP contribution in [0.2, 0.25) is 0 Å². The third-order valence-corrected chi connectivity index (χ3v) is 11.9. The van der Waals surface area contributed by atoms with E-state index in [4.69, 9.17) is 9.47 Å². The van der Waals surface area contributed by atoms with Crippen LogP contribution in [0, 0.1) is 6.92 Å². The third-order valence-electron chi connectivity index (χ3n) is 11.9. The predicted octanol–water partition coefficient (Wildman–Crippen LogP) is 12.7. The molecule has 0 radical (unpaired) electrons. The molecule has 0 fully saturated rings. The Morgan fingerprint density at radius 3 is 1.60 bits per heavy atom. The van der Waals surface area contributed by atoms with Crippen molar-refractivity contribution in [3.8, 4) is 28.4 Å². The van der Waals surface area contributed by atoms with Crippen molar-refractivity contribution in [1.29, 1.82) is 0 Å². The Labute approximate surface area is 333 Å². The number of methoxy groups -OCH3 is 1. The molecule has 10 rings (SSSR count). The largest absolute Gasteiger partial charge is 0.497 e. The van der Waals surface area contributed by atoms with Crippen LogP contribution >= 0.6 is 0 Å². The minimum atomic E-state index is -1.37. The zero-order chi connectivity index (χ0) is 38.6. The standard InChI is InChI=1S/C54H40O3/c1-36-16-19-40(20-17-36)53(50-33-18-37-10-8-9-15-48(37)52(50)49-34-38-11-6-7-12-39(38)35-51(49)53)41-21-29-46(30-22-41)57-47-31-25-44(26-32-47)54(55,42-13-4-3-5-14-42)43-23-27-45(56-2)28-24-43/h3-35,55H,1-2H3. The molecule has 2 unspecified atom stereocenters. The molecule has 3 nitrogen and oxygen atoms in total. The summed E-state index contributed by atoms with van der Waals surface area (Å²) in [6, 6.07) is 69.6. The van der Waals surface area contributed by atoms with Crippen molar-refractivity contribution in [2.75, 3.05) is 7.11 Å². The molecule has 0 spiro atoms. The molecule has 9 aromatic carbocycles. The van der Waals surface area contributed by atoms with E-state index in [0.29, 0.717) is 5.75 Å². The van der Waals surface area contributed by atoms with Crippen LogP contribution in [0.15, 0.2) is 200 Å². The number of aliphatic hydroxyl groups is 1. The number of hydrogen-bond acceptors (Lipinski definition) is 3. The van der Waals surface area contributed by atoms with Gasteiger partial charge >= 0.3 is 0 Å². The number of aryl methyl sites for hydroxylation is 1. The summed E-state index contributed by atoms with van der Waals surface area (Å²) in [4.78, 5) is 0. The smallest absolute Gasteiger partial charge is 0.140 e. The maximum atomic E-state index is 12.4. The van der Waals surface area contributed by atoms with Gasteiger partial charge in [-0.3, -0.25) is 0 Å². The lowest BCUT2D eigenvalue weighted by Gasteiger charge is -2.34. The van der Waals surface area contributed by atoms with Gasteiger partial charge in [-0.05, 0) is 127 Å². The van der Waals surface area contributed by atoms with Gasteiger partial charge in [0.05, 0.1) is 12.5 Å². The zero-order valence-corrected chi connectivity index (χ0v) is 31.8. The number of rotatable bonds is 8. The minimum absolute atomic E-state index is 0.560. The molecule has 1 aliphatic carbocycles. The highest BCUT2D eigenvalue weighted by Crippen LogP contribution is 2.58. The molecule has 0 heterocycles. The quantitative estimate of drug-likeness (QED) is 0.158. The molecule has 3 heteroatoms. The van der Waals surface area contributed by atoms with Gasteiger partial charge in [0.2, 0.25) is 0 Å². The summed E-state index contributed by atoms with van der Waals surface area (Å²) in [6.45, 7) is 2.15. The molecular formula is C54H40O3. The Hall–Kier alpha value is -6.94. The Kier molecular flexibility index (Phi) is 8.28. The zero-order valence-electron chi connectivity index (χ0n) is 31.8. The first-order valence-corrected chi connectivity index (χ1v) is 19.4. The van der Waals surface area contributed by atoms with Crippen LogP contribution in [0.5, 0.6) is 17.2 Å². The molecule has 57 heavy (non-hydrogen) atoms.